The number of furan rings is 1. The quantitative estimate of drug-likeness (QED) is 0.810. The molecule has 0 atom stereocenters. The minimum Gasteiger partial charge on any atom is -0.467 e. The lowest BCUT2D eigenvalue weighted by molar-refractivity contribution is -0.132. The SMILES string of the molecule is CCN(CC(=O)N(C)Cc1ccco1)CC(C)(C)O. The fraction of sp³-hybridized carbons (Fsp3) is 0.643. The van der Waals surface area contributed by atoms with Crippen molar-refractivity contribution in [2.45, 2.75) is 32.9 Å². The van der Waals surface area contributed by atoms with E-state index in [0.717, 1.165) is 12.3 Å². The van der Waals surface area contributed by atoms with Gasteiger partial charge in [0, 0.05) is 13.6 Å². The van der Waals surface area contributed by atoms with E-state index in [9.17, 15) is 9.90 Å². The number of amides is 1. The first-order valence-corrected chi connectivity index (χ1v) is 6.53. The molecule has 0 aromatic carbocycles. The third-order valence-electron chi connectivity index (χ3n) is 2.82. The van der Waals surface area contributed by atoms with Gasteiger partial charge in [-0.25, -0.2) is 0 Å². The van der Waals surface area contributed by atoms with Crippen LogP contribution >= 0.6 is 0 Å². The van der Waals surface area contributed by atoms with E-state index in [2.05, 4.69) is 0 Å². The summed E-state index contributed by atoms with van der Waals surface area (Å²) >= 11 is 0. The summed E-state index contributed by atoms with van der Waals surface area (Å²) in [5.74, 6) is 0.781. The first kappa shape index (κ1) is 15.7. The third-order valence-corrected chi connectivity index (χ3v) is 2.82. The van der Waals surface area contributed by atoms with Gasteiger partial charge in [-0.05, 0) is 32.5 Å². The number of hydrogen-bond acceptors (Lipinski definition) is 4. The predicted octanol–water partition coefficient (Wildman–Crippen LogP) is 1.33. The molecule has 0 bridgehead atoms. The molecule has 5 nitrogen and oxygen atoms in total. The van der Waals surface area contributed by atoms with Gasteiger partial charge in [-0.2, -0.15) is 0 Å². The topological polar surface area (TPSA) is 56.9 Å². The molecule has 0 aliphatic carbocycles. The van der Waals surface area contributed by atoms with Crippen LogP contribution in [0.25, 0.3) is 0 Å². The minimum atomic E-state index is -0.796. The van der Waals surface area contributed by atoms with E-state index in [4.69, 9.17) is 4.42 Å². The van der Waals surface area contributed by atoms with E-state index in [1.807, 2.05) is 17.9 Å². The van der Waals surface area contributed by atoms with Gasteiger partial charge in [0.05, 0.1) is 25.0 Å². The van der Waals surface area contributed by atoms with Gasteiger partial charge in [0.2, 0.25) is 5.91 Å². The molecule has 1 aromatic heterocycles. The minimum absolute atomic E-state index is 0.0162. The maximum absolute atomic E-state index is 12.1. The van der Waals surface area contributed by atoms with Crippen molar-refractivity contribution in [3.63, 3.8) is 0 Å². The van der Waals surface area contributed by atoms with Crippen LogP contribution in [0.2, 0.25) is 0 Å². The molecule has 1 heterocycles. The Kier molecular flexibility index (Phi) is 5.57. The van der Waals surface area contributed by atoms with Crippen molar-refractivity contribution >= 4 is 5.91 Å². The first-order valence-electron chi connectivity index (χ1n) is 6.53. The molecule has 0 aliphatic heterocycles. The maximum atomic E-state index is 12.1. The van der Waals surface area contributed by atoms with Gasteiger partial charge in [-0.3, -0.25) is 9.69 Å². The Morgan fingerprint density at radius 1 is 1.47 bits per heavy atom. The van der Waals surface area contributed by atoms with E-state index < -0.39 is 5.60 Å². The second-order valence-corrected chi connectivity index (χ2v) is 5.44. The maximum Gasteiger partial charge on any atom is 0.236 e. The highest BCUT2D eigenvalue weighted by molar-refractivity contribution is 5.77. The van der Waals surface area contributed by atoms with Crippen LogP contribution in [0.3, 0.4) is 0 Å². The molecule has 108 valence electrons. The summed E-state index contributed by atoms with van der Waals surface area (Å²) < 4.78 is 5.22. The van der Waals surface area contributed by atoms with Crippen LogP contribution in [0.5, 0.6) is 0 Å². The molecule has 5 heteroatoms. The van der Waals surface area contributed by atoms with Crippen LogP contribution in [0.1, 0.15) is 26.5 Å². The second-order valence-electron chi connectivity index (χ2n) is 5.44. The number of carbonyl (C=O) groups excluding carboxylic acids is 1. The number of likely N-dealkylation sites (N-methyl/N-ethyl adjacent to an activating group) is 2. The number of nitrogens with zero attached hydrogens (tertiary/aromatic N) is 2. The van der Waals surface area contributed by atoms with Gasteiger partial charge in [-0.1, -0.05) is 6.92 Å². The van der Waals surface area contributed by atoms with Crippen molar-refractivity contribution in [2.75, 3.05) is 26.7 Å². The fourth-order valence-corrected chi connectivity index (χ4v) is 1.86. The Morgan fingerprint density at radius 3 is 2.63 bits per heavy atom. The van der Waals surface area contributed by atoms with Crippen LogP contribution in [0, 0.1) is 0 Å². The van der Waals surface area contributed by atoms with Crippen molar-refractivity contribution in [3.8, 4) is 0 Å². The zero-order valence-corrected chi connectivity index (χ0v) is 12.2. The second kappa shape index (κ2) is 6.73. The molecule has 0 unspecified atom stereocenters. The molecule has 0 fully saturated rings. The number of aliphatic hydroxyl groups is 1. The summed E-state index contributed by atoms with van der Waals surface area (Å²) in [5.41, 5.74) is -0.796. The molecule has 1 amide bonds. The molecule has 0 saturated heterocycles. The highest BCUT2D eigenvalue weighted by atomic mass is 16.3. The van der Waals surface area contributed by atoms with Gasteiger partial charge in [0.25, 0.3) is 0 Å². The highest BCUT2D eigenvalue weighted by Gasteiger charge is 2.20. The van der Waals surface area contributed by atoms with Crippen LogP contribution in [0.15, 0.2) is 22.8 Å². The third kappa shape index (κ3) is 5.89. The zero-order chi connectivity index (χ0) is 14.5. The molecule has 1 aromatic rings. The van der Waals surface area contributed by atoms with Crippen LogP contribution in [0.4, 0.5) is 0 Å². The standard InChI is InChI=1S/C14H24N2O3/c1-5-16(11-14(2,3)18)10-13(17)15(4)9-12-7-6-8-19-12/h6-8,18H,5,9-11H2,1-4H3. The Balaban J connectivity index is 2.47. The van der Waals surface area contributed by atoms with Crippen molar-refractivity contribution in [2.24, 2.45) is 0 Å². The molecule has 1 rings (SSSR count). The summed E-state index contributed by atoms with van der Waals surface area (Å²) in [7, 11) is 1.75. The van der Waals surface area contributed by atoms with Gasteiger partial charge >= 0.3 is 0 Å². The van der Waals surface area contributed by atoms with Crippen molar-refractivity contribution < 1.29 is 14.3 Å². The van der Waals surface area contributed by atoms with Crippen molar-refractivity contribution in [1.29, 1.82) is 0 Å². The van der Waals surface area contributed by atoms with E-state index in [1.54, 1.807) is 38.1 Å². The van der Waals surface area contributed by atoms with Crippen molar-refractivity contribution in [3.05, 3.63) is 24.2 Å². The van der Waals surface area contributed by atoms with Crippen LogP contribution in [-0.4, -0.2) is 53.1 Å². The molecule has 19 heavy (non-hydrogen) atoms. The summed E-state index contributed by atoms with van der Waals surface area (Å²) in [6.07, 6.45) is 1.60. The lowest BCUT2D eigenvalue weighted by atomic mass is 10.1. The van der Waals surface area contributed by atoms with E-state index in [0.29, 0.717) is 19.6 Å². The lowest BCUT2D eigenvalue weighted by Crippen LogP contribution is -2.44. The number of carbonyl (C=O) groups is 1. The fourth-order valence-electron chi connectivity index (χ4n) is 1.86. The van der Waals surface area contributed by atoms with E-state index in [-0.39, 0.29) is 5.91 Å². The van der Waals surface area contributed by atoms with Crippen LogP contribution in [-0.2, 0) is 11.3 Å². The lowest BCUT2D eigenvalue weighted by Gasteiger charge is -2.28. The number of rotatable bonds is 7. The zero-order valence-electron chi connectivity index (χ0n) is 12.2. The average Bonchev–Trinajstić information content (AvgIpc) is 2.78. The Hall–Kier alpha value is -1.33. The van der Waals surface area contributed by atoms with Crippen LogP contribution < -0.4 is 0 Å². The Bertz CT molecular complexity index is 382. The van der Waals surface area contributed by atoms with Crippen molar-refractivity contribution in [1.82, 2.24) is 9.80 Å². The molecule has 0 spiro atoms. The summed E-state index contributed by atoms with van der Waals surface area (Å²) in [5, 5.41) is 9.80. The van der Waals surface area contributed by atoms with Gasteiger partial charge in [0.1, 0.15) is 5.76 Å². The Labute approximate surface area is 114 Å². The van der Waals surface area contributed by atoms with E-state index >= 15 is 0 Å². The molecular weight excluding hydrogens is 244 g/mol. The van der Waals surface area contributed by atoms with Gasteiger partial charge < -0.3 is 14.4 Å². The van der Waals surface area contributed by atoms with E-state index in [1.165, 1.54) is 0 Å². The normalized spacial score (nSPS) is 11.9. The highest BCUT2D eigenvalue weighted by Crippen LogP contribution is 2.07. The predicted molar refractivity (Wildman–Crippen MR) is 73.6 cm³/mol. The smallest absolute Gasteiger partial charge is 0.236 e. The van der Waals surface area contributed by atoms with Gasteiger partial charge in [-0.15, -0.1) is 0 Å². The average molecular weight is 268 g/mol. The summed E-state index contributed by atoms with van der Waals surface area (Å²) in [4.78, 5) is 15.6. The Morgan fingerprint density at radius 2 is 2.16 bits per heavy atom. The number of hydrogen-bond donors (Lipinski definition) is 1. The largest absolute Gasteiger partial charge is 0.467 e. The summed E-state index contributed by atoms with van der Waals surface area (Å²) in [6, 6.07) is 3.65. The summed E-state index contributed by atoms with van der Waals surface area (Å²) in [6.45, 7) is 7.43. The van der Waals surface area contributed by atoms with Gasteiger partial charge in [0.15, 0.2) is 0 Å². The molecule has 0 radical (unpaired) electrons. The molecule has 1 N–H and O–H groups in total. The first-order chi connectivity index (χ1) is 8.81. The molecular formula is C14H24N2O3. The molecule has 0 saturated carbocycles. The molecule has 0 aliphatic rings. The monoisotopic (exact) mass is 268 g/mol.